The first-order valence-electron chi connectivity index (χ1n) is 12.0. The molecule has 2 heterocycles. The maximum Gasteiger partial charge on any atom is 0.338 e. The summed E-state index contributed by atoms with van der Waals surface area (Å²) in [5.74, 6) is 0.583. The predicted molar refractivity (Wildman–Crippen MR) is 153 cm³/mol. The smallest absolute Gasteiger partial charge is 0.338 e. The summed E-state index contributed by atoms with van der Waals surface area (Å²) in [5, 5.41) is 0.443. The fourth-order valence-corrected chi connectivity index (χ4v) is 5.80. The Bertz CT molecular complexity index is 1610. The molecule has 4 rings (SSSR count). The van der Waals surface area contributed by atoms with E-state index in [-0.39, 0.29) is 23.3 Å². The molecule has 2 aromatic carbocycles. The van der Waals surface area contributed by atoms with Crippen molar-refractivity contribution in [3.63, 3.8) is 0 Å². The fourth-order valence-electron chi connectivity index (χ4n) is 4.21. The van der Waals surface area contributed by atoms with E-state index in [4.69, 9.17) is 25.8 Å². The van der Waals surface area contributed by atoms with Gasteiger partial charge >= 0.3 is 5.97 Å². The van der Waals surface area contributed by atoms with E-state index >= 15 is 0 Å². The highest BCUT2D eigenvalue weighted by atomic mass is 79.9. The topological polar surface area (TPSA) is 79.1 Å². The van der Waals surface area contributed by atoms with Crippen molar-refractivity contribution in [2.75, 3.05) is 7.11 Å². The monoisotopic (exact) mass is 618 g/mol. The Morgan fingerprint density at radius 3 is 2.50 bits per heavy atom. The van der Waals surface area contributed by atoms with Gasteiger partial charge in [-0.05, 0) is 77.1 Å². The van der Waals surface area contributed by atoms with Crippen LogP contribution in [0.5, 0.6) is 11.5 Å². The highest BCUT2D eigenvalue weighted by molar-refractivity contribution is 9.10. The van der Waals surface area contributed by atoms with Crippen molar-refractivity contribution in [2.45, 2.75) is 52.9 Å². The first kappa shape index (κ1) is 28.1. The number of thiazole rings is 1. The Labute approximate surface area is 238 Å². The van der Waals surface area contributed by atoms with Gasteiger partial charge in [-0.15, -0.1) is 0 Å². The molecule has 1 aliphatic rings. The summed E-state index contributed by atoms with van der Waals surface area (Å²) in [6.45, 7) is 9.16. The minimum Gasteiger partial charge on any atom is -0.496 e. The van der Waals surface area contributed by atoms with Gasteiger partial charge in [-0.25, -0.2) is 9.79 Å². The number of hydrogen-bond acceptors (Lipinski definition) is 7. The van der Waals surface area contributed by atoms with Gasteiger partial charge < -0.3 is 14.2 Å². The Kier molecular flexibility index (Phi) is 8.49. The van der Waals surface area contributed by atoms with Crippen molar-refractivity contribution in [1.82, 2.24) is 4.57 Å². The standard InChI is InChI=1S/C28H28BrClN2O5S/c1-14(2)36-21-9-7-18(29)11-17(21)12-23-26(33)32-25(20-13-19(30)8-10-22(20)35-6)24(27(34)37-15(3)4)16(5)31-28(32)38-23/h7-15,25H,1-6H3/b23-12-/t25-/m0/s1. The fraction of sp³-hybridized carbons (Fsp3) is 0.321. The molecule has 10 heteroatoms. The van der Waals surface area contributed by atoms with E-state index in [1.54, 1.807) is 45.0 Å². The zero-order chi connectivity index (χ0) is 27.7. The van der Waals surface area contributed by atoms with Crippen LogP contribution in [0.2, 0.25) is 5.02 Å². The van der Waals surface area contributed by atoms with E-state index in [0.29, 0.717) is 37.1 Å². The molecule has 7 nitrogen and oxygen atoms in total. The molecule has 0 saturated heterocycles. The molecule has 200 valence electrons. The van der Waals surface area contributed by atoms with Crippen LogP contribution in [0.15, 0.2) is 61.9 Å². The average molecular weight is 620 g/mol. The van der Waals surface area contributed by atoms with Crippen LogP contribution in [0.4, 0.5) is 0 Å². The number of allylic oxidation sites excluding steroid dienone is 1. The molecule has 38 heavy (non-hydrogen) atoms. The molecule has 3 aromatic rings. The van der Waals surface area contributed by atoms with Crippen LogP contribution in [-0.2, 0) is 9.53 Å². The zero-order valence-electron chi connectivity index (χ0n) is 21.9. The van der Waals surface area contributed by atoms with Crippen LogP contribution < -0.4 is 24.4 Å². The molecule has 0 unspecified atom stereocenters. The molecule has 1 atom stereocenters. The van der Waals surface area contributed by atoms with Crippen LogP contribution in [0.25, 0.3) is 6.08 Å². The number of halogens is 2. The molecule has 0 amide bonds. The van der Waals surface area contributed by atoms with Crippen LogP contribution in [0, 0.1) is 0 Å². The molecular weight excluding hydrogens is 592 g/mol. The number of carbonyl (C=O) groups is 1. The number of methoxy groups -OCH3 is 1. The normalized spacial score (nSPS) is 15.5. The lowest BCUT2D eigenvalue weighted by atomic mass is 9.95. The second-order valence-corrected chi connectivity index (χ2v) is 11.6. The van der Waals surface area contributed by atoms with Crippen LogP contribution in [0.3, 0.4) is 0 Å². The third-order valence-electron chi connectivity index (χ3n) is 5.69. The van der Waals surface area contributed by atoms with Gasteiger partial charge in [0.2, 0.25) is 0 Å². The van der Waals surface area contributed by atoms with Gasteiger partial charge in [0.15, 0.2) is 4.80 Å². The minimum absolute atomic E-state index is 0.0444. The summed E-state index contributed by atoms with van der Waals surface area (Å²) in [4.78, 5) is 32.4. The predicted octanol–water partition coefficient (Wildman–Crippen LogP) is 5.40. The quantitative estimate of drug-likeness (QED) is 0.331. The lowest BCUT2D eigenvalue weighted by Gasteiger charge is -2.26. The summed E-state index contributed by atoms with van der Waals surface area (Å²) in [7, 11) is 1.53. The van der Waals surface area contributed by atoms with Crippen molar-refractivity contribution in [3.8, 4) is 11.5 Å². The number of benzene rings is 2. The van der Waals surface area contributed by atoms with Crippen LogP contribution in [-0.4, -0.2) is 29.9 Å². The molecule has 0 bridgehead atoms. The number of fused-ring (bicyclic) bond motifs is 1. The van der Waals surface area contributed by atoms with E-state index in [1.807, 2.05) is 32.0 Å². The molecule has 0 spiro atoms. The van der Waals surface area contributed by atoms with E-state index in [9.17, 15) is 9.59 Å². The number of ether oxygens (including phenoxy) is 3. The Morgan fingerprint density at radius 2 is 1.84 bits per heavy atom. The number of aromatic nitrogens is 1. The lowest BCUT2D eigenvalue weighted by Crippen LogP contribution is -2.40. The van der Waals surface area contributed by atoms with Gasteiger partial charge in [0, 0.05) is 20.6 Å². The Morgan fingerprint density at radius 1 is 1.13 bits per heavy atom. The van der Waals surface area contributed by atoms with Crippen molar-refractivity contribution < 1.29 is 19.0 Å². The van der Waals surface area contributed by atoms with Crippen molar-refractivity contribution in [1.29, 1.82) is 0 Å². The van der Waals surface area contributed by atoms with Gasteiger partial charge in [-0.1, -0.05) is 38.9 Å². The van der Waals surface area contributed by atoms with Crippen LogP contribution in [0.1, 0.15) is 51.8 Å². The molecule has 1 aliphatic heterocycles. The maximum absolute atomic E-state index is 14.0. The lowest BCUT2D eigenvalue weighted by molar-refractivity contribution is -0.143. The largest absolute Gasteiger partial charge is 0.496 e. The molecule has 1 aromatic heterocycles. The van der Waals surface area contributed by atoms with Crippen LogP contribution >= 0.6 is 38.9 Å². The van der Waals surface area contributed by atoms with Gasteiger partial charge in [-0.3, -0.25) is 9.36 Å². The maximum atomic E-state index is 14.0. The Hall–Kier alpha value is -2.88. The first-order chi connectivity index (χ1) is 18.0. The molecule has 0 saturated carbocycles. The van der Waals surface area contributed by atoms with E-state index in [0.717, 1.165) is 10.0 Å². The zero-order valence-corrected chi connectivity index (χ0v) is 25.0. The van der Waals surface area contributed by atoms with Crippen molar-refractivity contribution in [3.05, 3.63) is 88.0 Å². The number of carbonyl (C=O) groups excluding carboxylic acids is 1. The molecular formula is C28H28BrClN2O5S. The van der Waals surface area contributed by atoms with Crippen molar-refractivity contribution in [2.24, 2.45) is 4.99 Å². The third-order valence-corrected chi connectivity index (χ3v) is 7.40. The van der Waals surface area contributed by atoms with E-state index in [2.05, 4.69) is 20.9 Å². The van der Waals surface area contributed by atoms with Crippen molar-refractivity contribution >= 4 is 50.9 Å². The Balaban J connectivity index is 2.00. The highest BCUT2D eigenvalue weighted by Gasteiger charge is 2.35. The summed E-state index contributed by atoms with van der Waals surface area (Å²) in [6.07, 6.45) is 1.38. The van der Waals surface area contributed by atoms with Gasteiger partial charge in [-0.2, -0.15) is 0 Å². The summed E-state index contributed by atoms with van der Waals surface area (Å²) >= 11 is 11.1. The van der Waals surface area contributed by atoms with Gasteiger partial charge in [0.1, 0.15) is 17.5 Å². The first-order valence-corrected chi connectivity index (χ1v) is 14.0. The number of rotatable bonds is 7. The van der Waals surface area contributed by atoms with Gasteiger partial charge in [0.05, 0.1) is 35.1 Å². The van der Waals surface area contributed by atoms with E-state index < -0.39 is 12.0 Å². The molecule has 0 radical (unpaired) electrons. The molecule has 0 N–H and O–H groups in total. The summed E-state index contributed by atoms with van der Waals surface area (Å²) < 4.78 is 20.0. The van der Waals surface area contributed by atoms with E-state index in [1.165, 1.54) is 23.0 Å². The molecule has 0 fully saturated rings. The van der Waals surface area contributed by atoms with Gasteiger partial charge in [0.25, 0.3) is 5.56 Å². The minimum atomic E-state index is -0.845. The second-order valence-electron chi connectivity index (χ2n) is 9.27. The third kappa shape index (κ3) is 5.75. The average Bonchev–Trinajstić information content (AvgIpc) is 3.13. The number of hydrogen-bond donors (Lipinski definition) is 0. The summed E-state index contributed by atoms with van der Waals surface area (Å²) in [5.41, 5.74) is 1.71. The molecule has 0 aliphatic carbocycles. The number of esters is 1. The second kappa shape index (κ2) is 11.5. The highest BCUT2D eigenvalue weighted by Crippen LogP contribution is 2.37. The summed E-state index contributed by atoms with van der Waals surface area (Å²) in [6, 6.07) is 9.90. The SMILES string of the molecule is COc1ccc(Cl)cc1[C@H]1C(C(=O)OC(C)C)=C(C)N=c2s/c(=C\c3cc(Br)ccc3OC(C)C)c(=O)n21. The number of nitrogens with zero attached hydrogens (tertiary/aromatic N) is 2.